The van der Waals surface area contributed by atoms with E-state index in [2.05, 4.69) is 5.32 Å². The maximum atomic E-state index is 12.1. The molecule has 3 N–H and O–H groups in total. The quantitative estimate of drug-likeness (QED) is 0.823. The second-order valence-corrected chi connectivity index (χ2v) is 7.08. The van der Waals surface area contributed by atoms with Crippen LogP contribution in [-0.4, -0.2) is 51.7 Å². The number of nitrogens with two attached hydrogens (primary N) is 1. The summed E-state index contributed by atoms with van der Waals surface area (Å²) in [6.07, 6.45) is 1.62. The summed E-state index contributed by atoms with van der Waals surface area (Å²) in [7, 11) is -3.66. The third-order valence-electron chi connectivity index (χ3n) is 3.82. The van der Waals surface area contributed by atoms with Crippen LogP contribution in [0.2, 0.25) is 0 Å². The number of ether oxygens (including phenoxy) is 1. The number of hydrogen-bond donors (Lipinski definition) is 2. The van der Waals surface area contributed by atoms with E-state index in [0.717, 1.165) is 12.0 Å². The molecule has 0 spiro atoms. The maximum Gasteiger partial charge on any atom is 0.317 e. The summed E-state index contributed by atoms with van der Waals surface area (Å²) in [6.45, 7) is 4.32. The zero-order valence-electron chi connectivity index (χ0n) is 13.2. The van der Waals surface area contributed by atoms with Crippen LogP contribution in [0.15, 0.2) is 29.2 Å². The molecule has 7 nitrogen and oxygen atoms in total. The number of rotatable bonds is 5. The molecule has 1 unspecified atom stereocenters. The maximum absolute atomic E-state index is 12.1. The van der Waals surface area contributed by atoms with Crippen molar-refractivity contribution in [2.75, 3.05) is 26.2 Å². The molecule has 0 aliphatic carbocycles. The second-order valence-electron chi connectivity index (χ2n) is 5.52. The monoisotopic (exact) mass is 341 g/mol. The Labute approximate surface area is 136 Å². The Hall–Kier alpha value is -1.64. The summed E-state index contributed by atoms with van der Waals surface area (Å²) in [4.78, 5) is 14.0. The summed E-state index contributed by atoms with van der Waals surface area (Å²) >= 11 is 0. The minimum Gasteiger partial charge on any atom is -0.375 e. The van der Waals surface area contributed by atoms with E-state index in [1.165, 1.54) is 12.1 Å². The van der Waals surface area contributed by atoms with Crippen LogP contribution in [0.25, 0.3) is 0 Å². The number of primary sulfonamides is 1. The Kier molecular flexibility index (Phi) is 5.97. The predicted octanol–water partition coefficient (Wildman–Crippen LogP) is 0.697. The molecule has 1 aromatic carbocycles. The molecule has 2 amide bonds. The van der Waals surface area contributed by atoms with Crippen LogP contribution in [0.4, 0.5) is 4.79 Å². The van der Waals surface area contributed by atoms with Crippen molar-refractivity contribution in [3.63, 3.8) is 0 Å². The van der Waals surface area contributed by atoms with Gasteiger partial charge in [-0.2, -0.15) is 0 Å². The van der Waals surface area contributed by atoms with Gasteiger partial charge in [-0.1, -0.05) is 19.1 Å². The molecule has 23 heavy (non-hydrogen) atoms. The SMILES string of the molecule is CCC1CN(C(=O)NCCc2ccc(S(N)(=O)=O)cc2)CCO1. The predicted molar refractivity (Wildman–Crippen MR) is 86.5 cm³/mol. The van der Waals surface area contributed by atoms with Gasteiger partial charge in [-0.25, -0.2) is 18.4 Å². The van der Waals surface area contributed by atoms with E-state index in [0.29, 0.717) is 32.7 Å². The third-order valence-corrected chi connectivity index (χ3v) is 4.75. The highest BCUT2D eigenvalue weighted by Crippen LogP contribution is 2.10. The van der Waals surface area contributed by atoms with Gasteiger partial charge in [0.05, 0.1) is 17.6 Å². The number of sulfonamides is 1. The topological polar surface area (TPSA) is 102 Å². The van der Waals surface area contributed by atoms with Crippen LogP contribution < -0.4 is 10.5 Å². The fraction of sp³-hybridized carbons (Fsp3) is 0.533. The van der Waals surface area contributed by atoms with Crippen LogP contribution in [0.1, 0.15) is 18.9 Å². The molecular formula is C15H23N3O4S. The summed E-state index contributed by atoms with van der Waals surface area (Å²) in [6, 6.07) is 6.26. The summed E-state index contributed by atoms with van der Waals surface area (Å²) in [5.74, 6) is 0. The van der Waals surface area contributed by atoms with Gasteiger partial charge in [0.1, 0.15) is 0 Å². The number of hydrogen-bond acceptors (Lipinski definition) is 4. The van der Waals surface area contributed by atoms with Crippen LogP contribution in [-0.2, 0) is 21.2 Å². The van der Waals surface area contributed by atoms with Gasteiger partial charge in [0, 0.05) is 19.6 Å². The molecule has 128 valence electrons. The lowest BCUT2D eigenvalue weighted by Gasteiger charge is -2.32. The van der Waals surface area contributed by atoms with E-state index in [-0.39, 0.29) is 17.0 Å². The van der Waals surface area contributed by atoms with Gasteiger partial charge in [0.25, 0.3) is 0 Å². The van der Waals surface area contributed by atoms with Crippen molar-refractivity contribution >= 4 is 16.1 Å². The summed E-state index contributed by atoms with van der Waals surface area (Å²) in [5, 5.41) is 7.93. The van der Waals surface area contributed by atoms with Crippen LogP contribution in [0.5, 0.6) is 0 Å². The van der Waals surface area contributed by atoms with Crippen LogP contribution in [0.3, 0.4) is 0 Å². The smallest absolute Gasteiger partial charge is 0.317 e. The Morgan fingerprint density at radius 2 is 2.09 bits per heavy atom. The Morgan fingerprint density at radius 3 is 2.70 bits per heavy atom. The Bertz CT molecular complexity index is 631. The number of nitrogens with one attached hydrogen (secondary N) is 1. The molecule has 1 heterocycles. The first-order valence-electron chi connectivity index (χ1n) is 7.66. The number of urea groups is 1. The molecule has 0 bridgehead atoms. The van der Waals surface area contributed by atoms with Crippen LogP contribution >= 0.6 is 0 Å². The standard InChI is InChI=1S/C15H23N3O4S/c1-2-13-11-18(9-10-22-13)15(19)17-8-7-12-3-5-14(6-4-12)23(16,20)21/h3-6,13H,2,7-11H2,1H3,(H,17,19)(H2,16,20,21). The van der Waals surface area contributed by atoms with E-state index in [9.17, 15) is 13.2 Å². The van der Waals surface area contributed by atoms with Crippen molar-refractivity contribution in [1.29, 1.82) is 0 Å². The molecule has 8 heteroatoms. The van der Waals surface area contributed by atoms with Gasteiger partial charge in [-0.3, -0.25) is 0 Å². The van der Waals surface area contributed by atoms with E-state index in [1.807, 2.05) is 6.92 Å². The lowest BCUT2D eigenvalue weighted by molar-refractivity contribution is -0.0153. The van der Waals surface area contributed by atoms with Crippen LogP contribution in [0, 0.1) is 0 Å². The number of carbonyl (C=O) groups is 1. The van der Waals surface area contributed by atoms with Crippen molar-refractivity contribution in [2.45, 2.75) is 30.8 Å². The number of morpholine rings is 1. The minimum absolute atomic E-state index is 0.0872. The lowest BCUT2D eigenvalue weighted by Crippen LogP contribution is -2.49. The number of amides is 2. The zero-order valence-corrected chi connectivity index (χ0v) is 14.0. The molecule has 0 saturated carbocycles. The average Bonchev–Trinajstić information content (AvgIpc) is 2.54. The molecule has 0 aromatic heterocycles. The number of nitrogens with zero attached hydrogens (tertiary/aromatic N) is 1. The molecule has 0 radical (unpaired) electrons. The molecule has 1 aromatic rings. The van der Waals surface area contributed by atoms with Crippen molar-refractivity contribution < 1.29 is 17.9 Å². The number of benzene rings is 1. The average molecular weight is 341 g/mol. The fourth-order valence-corrected chi connectivity index (χ4v) is 2.94. The highest BCUT2D eigenvalue weighted by Gasteiger charge is 2.22. The summed E-state index contributed by atoms with van der Waals surface area (Å²) < 4.78 is 27.9. The van der Waals surface area contributed by atoms with Crippen molar-refractivity contribution in [3.05, 3.63) is 29.8 Å². The van der Waals surface area contributed by atoms with E-state index >= 15 is 0 Å². The minimum atomic E-state index is -3.66. The number of carbonyl (C=O) groups excluding carboxylic acids is 1. The first-order chi connectivity index (χ1) is 10.9. The summed E-state index contributed by atoms with van der Waals surface area (Å²) in [5.41, 5.74) is 0.936. The van der Waals surface area contributed by atoms with Gasteiger partial charge in [-0.15, -0.1) is 0 Å². The molecular weight excluding hydrogens is 318 g/mol. The highest BCUT2D eigenvalue weighted by molar-refractivity contribution is 7.89. The first-order valence-corrected chi connectivity index (χ1v) is 9.21. The van der Waals surface area contributed by atoms with E-state index < -0.39 is 10.0 Å². The van der Waals surface area contributed by atoms with Gasteiger partial charge >= 0.3 is 6.03 Å². The molecule has 1 fully saturated rings. The van der Waals surface area contributed by atoms with Crippen molar-refractivity contribution in [2.24, 2.45) is 5.14 Å². The third kappa shape index (κ3) is 5.19. The van der Waals surface area contributed by atoms with Gasteiger partial charge in [0.15, 0.2) is 0 Å². The lowest BCUT2D eigenvalue weighted by atomic mass is 10.1. The Morgan fingerprint density at radius 1 is 1.39 bits per heavy atom. The Balaban J connectivity index is 1.79. The van der Waals surface area contributed by atoms with Crippen molar-refractivity contribution in [1.82, 2.24) is 10.2 Å². The molecule has 2 rings (SSSR count). The fourth-order valence-electron chi connectivity index (χ4n) is 2.42. The first kappa shape index (κ1) is 17.7. The zero-order chi connectivity index (χ0) is 16.9. The van der Waals surface area contributed by atoms with Crippen molar-refractivity contribution in [3.8, 4) is 0 Å². The molecule has 1 atom stereocenters. The second kappa shape index (κ2) is 7.76. The van der Waals surface area contributed by atoms with Gasteiger partial charge in [0.2, 0.25) is 10.0 Å². The van der Waals surface area contributed by atoms with Gasteiger partial charge in [-0.05, 0) is 30.5 Å². The van der Waals surface area contributed by atoms with E-state index in [4.69, 9.17) is 9.88 Å². The normalized spacial score (nSPS) is 18.7. The molecule has 1 aliphatic rings. The molecule has 1 aliphatic heterocycles. The largest absolute Gasteiger partial charge is 0.375 e. The highest BCUT2D eigenvalue weighted by atomic mass is 32.2. The van der Waals surface area contributed by atoms with E-state index in [1.54, 1.807) is 17.0 Å². The molecule has 1 saturated heterocycles. The van der Waals surface area contributed by atoms with Gasteiger partial charge < -0.3 is 15.0 Å².